The van der Waals surface area contributed by atoms with Crippen molar-refractivity contribution in [2.24, 2.45) is 0 Å². The molecule has 1 heterocycles. The molecule has 1 saturated heterocycles. The molecule has 2 aromatic carbocycles. The zero-order valence-corrected chi connectivity index (χ0v) is 14.4. The number of halogens is 1. The standard InChI is InChI=1S/C19H24N2O.ClH/c1-21(19(22)18-11-4-5-13-20-18)14-12-16-9-6-8-15-7-2-3-10-17(15)16;/h2-3,6-10,18,20H,4-5,11-14H2,1H3;1H. The van der Waals surface area contributed by atoms with Crippen LogP contribution in [0.2, 0.25) is 0 Å². The Morgan fingerprint density at radius 3 is 2.74 bits per heavy atom. The van der Waals surface area contributed by atoms with E-state index in [2.05, 4.69) is 47.8 Å². The fraction of sp³-hybridized carbons (Fsp3) is 0.421. The number of amides is 1. The molecule has 3 nitrogen and oxygen atoms in total. The molecule has 0 aliphatic carbocycles. The number of hydrogen-bond donors (Lipinski definition) is 1. The lowest BCUT2D eigenvalue weighted by Crippen LogP contribution is -2.47. The number of nitrogens with one attached hydrogen (secondary N) is 1. The molecule has 0 bridgehead atoms. The average molecular weight is 333 g/mol. The van der Waals surface area contributed by atoms with Crippen LogP contribution in [0.4, 0.5) is 0 Å². The summed E-state index contributed by atoms with van der Waals surface area (Å²) in [6.45, 7) is 1.73. The van der Waals surface area contributed by atoms with Gasteiger partial charge in [0.05, 0.1) is 6.04 Å². The Balaban J connectivity index is 0.00000192. The van der Waals surface area contributed by atoms with Gasteiger partial charge in [-0.05, 0) is 42.1 Å². The molecular formula is C19H25ClN2O. The van der Waals surface area contributed by atoms with Crippen LogP contribution in [0, 0.1) is 0 Å². The van der Waals surface area contributed by atoms with E-state index < -0.39 is 0 Å². The van der Waals surface area contributed by atoms with Crippen LogP contribution in [0.15, 0.2) is 42.5 Å². The van der Waals surface area contributed by atoms with Crippen LogP contribution in [0.25, 0.3) is 10.8 Å². The van der Waals surface area contributed by atoms with Crippen LogP contribution >= 0.6 is 12.4 Å². The van der Waals surface area contributed by atoms with Crippen molar-refractivity contribution in [3.05, 3.63) is 48.0 Å². The molecule has 1 fully saturated rings. The number of piperidine rings is 1. The zero-order valence-electron chi connectivity index (χ0n) is 13.6. The van der Waals surface area contributed by atoms with E-state index in [1.165, 1.54) is 22.8 Å². The first-order valence-electron chi connectivity index (χ1n) is 8.21. The molecule has 4 heteroatoms. The Labute approximate surface area is 144 Å². The van der Waals surface area contributed by atoms with Crippen LogP contribution in [-0.4, -0.2) is 37.0 Å². The van der Waals surface area contributed by atoms with Gasteiger partial charge in [-0.2, -0.15) is 0 Å². The van der Waals surface area contributed by atoms with Crippen molar-refractivity contribution in [3.8, 4) is 0 Å². The van der Waals surface area contributed by atoms with Gasteiger partial charge in [-0.15, -0.1) is 12.4 Å². The number of fused-ring (bicyclic) bond motifs is 1. The quantitative estimate of drug-likeness (QED) is 0.930. The summed E-state index contributed by atoms with van der Waals surface area (Å²) >= 11 is 0. The molecule has 23 heavy (non-hydrogen) atoms. The summed E-state index contributed by atoms with van der Waals surface area (Å²) in [5, 5.41) is 5.90. The van der Waals surface area contributed by atoms with Crippen LogP contribution in [0.3, 0.4) is 0 Å². The second-order valence-electron chi connectivity index (χ2n) is 6.15. The third-order valence-corrected chi connectivity index (χ3v) is 4.58. The van der Waals surface area contributed by atoms with Crippen molar-refractivity contribution in [1.82, 2.24) is 10.2 Å². The number of likely N-dealkylation sites (N-methyl/N-ethyl adjacent to an activating group) is 1. The first-order valence-corrected chi connectivity index (χ1v) is 8.21. The monoisotopic (exact) mass is 332 g/mol. The normalized spacial score (nSPS) is 17.5. The van der Waals surface area contributed by atoms with Crippen LogP contribution in [-0.2, 0) is 11.2 Å². The van der Waals surface area contributed by atoms with Crippen molar-refractivity contribution in [2.45, 2.75) is 31.7 Å². The number of benzene rings is 2. The molecule has 124 valence electrons. The number of carbonyl (C=O) groups is 1. The molecule has 0 spiro atoms. The zero-order chi connectivity index (χ0) is 15.4. The predicted molar refractivity (Wildman–Crippen MR) is 98.2 cm³/mol. The summed E-state index contributed by atoms with van der Waals surface area (Å²) in [6, 6.07) is 14.9. The lowest BCUT2D eigenvalue weighted by atomic mass is 10.0. The maximum Gasteiger partial charge on any atom is 0.239 e. The third-order valence-electron chi connectivity index (χ3n) is 4.58. The average Bonchev–Trinajstić information content (AvgIpc) is 2.59. The van der Waals surface area contributed by atoms with E-state index in [0.29, 0.717) is 0 Å². The second-order valence-corrected chi connectivity index (χ2v) is 6.15. The Bertz CT molecular complexity index is 647. The van der Waals surface area contributed by atoms with E-state index >= 15 is 0 Å². The molecule has 2 aromatic rings. The molecule has 0 saturated carbocycles. The molecule has 1 N–H and O–H groups in total. The maximum atomic E-state index is 12.4. The molecule has 1 aliphatic heterocycles. The van der Waals surface area contributed by atoms with Crippen LogP contribution < -0.4 is 5.32 Å². The van der Waals surface area contributed by atoms with E-state index in [1.54, 1.807) is 0 Å². The van der Waals surface area contributed by atoms with Gasteiger partial charge in [0.1, 0.15) is 0 Å². The second kappa shape index (κ2) is 8.32. The van der Waals surface area contributed by atoms with Crippen LogP contribution in [0.1, 0.15) is 24.8 Å². The summed E-state index contributed by atoms with van der Waals surface area (Å²) in [5.74, 6) is 0.236. The predicted octanol–water partition coefficient (Wildman–Crippen LogP) is 3.40. The molecule has 0 radical (unpaired) electrons. The lowest BCUT2D eigenvalue weighted by molar-refractivity contribution is -0.132. The smallest absolute Gasteiger partial charge is 0.239 e. The van der Waals surface area contributed by atoms with Gasteiger partial charge in [0.2, 0.25) is 5.91 Å². The first kappa shape index (κ1) is 17.8. The van der Waals surface area contributed by atoms with Gasteiger partial charge in [-0.3, -0.25) is 4.79 Å². The highest BCUT2D eigenvalue weighted by Gasteiger charge is 2.23. The number of nitrogens with zero attached hydrogens (tertiary/aromatic N) is 1. The minimum atomic E-state index is 0. The van der Waals surface area contributed by atoms with E-state index in [1.807, 2.05) is 11.9 Å². The number of hydrogen-bond acceptors (Lipinski definition) is 2. The van der Waals surface area contributed by atoms with Crippen molar-refractivity contribution < 1.29 is 4.79 Å². The molecule has 0 aromatic heterocycles. The van der Waals surface area contributed by atoms with Gasteiger partial charge in [-0.1, -0.05) is 48.9 Å². The maximum absolute atomic E-state index is 12.4. The van der Waals surface area contributed by atoms with E-state index in [9.17, 15) is 4.79 Å². The first-order chi connectivity index (χ1) is 10.8. The van der Waals surface area contributed by atoms with E-state index in [0.717, 1.165) is 32.4 Å². The summed E-state index contributed by atoms with van der Waals surface area (Å²) < 4.78 is 0. The van der Waals surface area contributed by atoms with Gasteiger partial charge >= 0.3 is 0 Å². The molecule has 1 atom stereocenters. The molecular weight excluding hydrogens is 308 g/mol. The molecule has 1 amide bonds. The lowest BCUT2D eigenvalue weighted by Gasteiger charge is -2.27. The molecule has 1 aliphatic rings. The Kier molecular flexibility index (Phi) is 6.43. The van der Waals surface area contributed by atoms with Crippen molar-refractivity contribution in [1.29, 1.82) is 0 Å². The van der Waals surface area contributed by atoms with E-state index in [4.69, 9.17) is 0 Å². The van der Waals surface area contributed by atoms with Gasteiger partial charge in [-0.25, -0.2) is 0 Å². The Morgan fingerprint density at radius 2 is 1.96 bits per heavy atom. The van der Waals surface area contributed by atoms with Crippen molar-refractivity contribution in [2.75, 3.05) is 20.1 Å². The summed E-state index contributed by atoms with van der Waals surface area (Å²) in [5.41, 5.74) is 1.31. The Hall–Kier alpha value is -1.58. The van der Waals surface area contributed by atoms with Crippen molar-refractivity contribution >= 4 is 29.1 Å². The van der Waals surface area contributed by atoms with Gasteiger partial charge < -0.3 is 10.2 Å². The highest BCUT2D eigenvalue weighted by atomic mass is 35.5. The largest absolute Gasteiger partial charge is 0.344 e. The van der Waals surface area contributed by atoms with Gasteiger partial charge in [0.25, 0.3) is 0 Å². The minimum Gasteiger partial charge on any atom is -0.344 e. The summed E-state index contributed by atoms with van der Waals surface area (Å²) in [4.78, 5) is 14.3. The van der Waals surface area contributed by atoms with Gasteiger partial charge in [0, 0.05) is 13.6 Å². The fourth-order valence-corrected chi connectivity index (χ4v) is 3.24. The van der Waals surface area contributed by atoms with E-state index in [-0.39, 0.29) is 24.4 Å². The summed E-state index contributed by atoms with van der Waals surface area (Å²) in [7, 11) is 1.92. The Morgan fingerprint density at radius 1 is 1.17 bits per heavy atom. The van der Waals surface area contributed by atoms with Crippen LogP contribution in [0.5, 0.6) is 0 Å². The minimum absolute atomic E-state index is 0. The molecule has 3 rings (SSSR count). The fourth-order valence-electron chi connectivity index (χ4n) is 3.24. The highest BCUT2D eigenvalue weighted by Crippen LogP contribution is 2.19. The SMILES string of the molecule is CN(CCc1cccc2ccccc12)C(=O)C1CCCCN1.Cl. The topological polar surface area (TPSA) is 32.3 Å². The third kappa shape index (κ3) is 4.24. The van der Waals surface area contributed by atoms with Gasteiger partial charge in [0.15, 0.2) is 0 Å². The van der Waals surface area contributed by atoms with Crippen molar-refractivity contribution in [3.63, 3.8) is 0 Å². The number of rotatable bonds is 4. The number of carbonyl (C=O) groups excluding carboxylic acids is 1. The highest BCUT2D eigenvalue weighted by molar-refractivity contribution is 5.86. The summed E-state index contributed by atoms with van der Waals surface area (Å²) in [6.07, 6.45) is 4.21. The molecule has 1 unspecified atom stereocenters.